The van der Waals surface area contributed by atoms with Gasteiger partial charge in [0.25, 0.3) is 0 Å². The Morgan fingerprint density at radius 2 is 1.73 bits per heavy atom. The highest BCUT2D eigenvalue weighted by molar-refractivity contribution is 7.89. The van der Waals surface area contributed by atoms with E-state index in [1.807, 2.05) is 38.1 Å². The average Bonchev–Trinajstić information content (AvgIpc) is 2.62. The second kappa shape index (κ2) is 8.77. The lowest BCUT2D eigenvalue weighted by Crippen LogP contribution is -2.30. The number of pyridine rings is 1. The van der Waals surface area contributed by atoms with Crippen molar-refractivity contribution in [3.8, 4) is 0 Å². The average molecular weight is 376 g/mol. The van der Waals surface area contributed by atoms with Gasteiger partial charge in [-0.05, 0) is 29.8 Å². The summed E-state index contributed by atoms with van der Waals surface area (Å²) >= 11 is 0. The molecule has 0 spiro atoms. The molecule has 0 saturated heterocycles. The van der Waals surface area contributed by atoms with Gasteiger partial charge < -0.3 is 10.6 Å². The van der Waals surface area contributed by atoms with Gasteiger partial charge >= 0.3 is 0 Å². The molecule has 7 nitrogen and oxygen atoms in total. The zero-order valence-corrected chi connectivity index (χ0v) is 16.0. The molecule has 0 aliphatic rings. The summed E-state index contributed by atoms with van der Waals surface area (Å²) in [5, 5.41) is 5.86. The maximum Gasteiger partial charge on any atom is 0.244 e. The molecule has 8 heteroatoms. The van der Waals surface area contributed by atoms with Crippen molar-refractivity contribution in [3.63, 3.8) is 0 Å². The van der Waals surface area contributed by atoms with E-state index < -0.39 is 10.0 Å². The number of carbonyl (C=O) groups is 1. The van der Waals surface area contributed by atoms with Crippen molar-refractivity contribution in [1.82, 2.24) is 9.29 Å². The van der Waals surface area contributed by atoms with Crippen LogP contribution in [0.3, 0.4) is 0 Å². The predicted octanol–water partition coefficient (Wildman–Crippen LogP) is 2.68. The molecular weight excluding hydrogens is 352 g/mol. The van der Waals surface area contributed by atoms with E-state index >= 15 is 0 Å². The Labute approximate surface area is 154 Å². The Morgan fingerprint density at radius 1 is 1.08 bits per heavy atom. The van der Waals surface area contributed by atoms with Gasteiger partial charge in [0.15, 0.2) is 0 Å². The van der Waals surface area contributed by atoms with Crippen molar-refractivity contribution in [2.45, 2.75) is 32.2 Å². The molecule has 1 amide bonds. The Balaban J connectivity index is 2.00. The summed E-state index contributed by atoms with van der Waals surface area (Å²) in [4.78, 5) is 15.4. The first-order valence-electron chi connectivity index (χ1n) is 8.43. The number of benzene rings is 1. The van der Waals surface area contributed by atoms with Crippen LogP contribution in [-0.2, 0) is 21.4 Å². The number of nitrogens with zero attached hydrogens (tertiary/aromatic N) is 2. The standard InChI is InChI=1S/C18H24N4O3S/c1-4-22(5-2)26(24,25)17-10-11-18(20-13-17)19-12-15-6-8-16(9-7-15)21-14(3)23/h6-11,13H,4-5,12H2,1-3H3,(H,19,20)(H,21,23). The molecule has 26 heavy (non-hydrogen) atoms. The van der Waals surface area contributed by atoms with Gasteiger partial charge in [-0.2, -0.15) is 4.31 Å². The molecule has 1 aromatic carbocycles. The number of anilines is 2. The van der Waals surface area contributed by atoms with E-state index in [9.17, 15) is 13.2 Å². The lowest BCUT2D eigenvalue weighted by atomic mass is 10.2. The molecule has 0 aliphatic carbocycles. The summed E-state index contributed by atoms with van der Waals surface area (Å²) in [6, 6.07) is 10.7. The molecule has 0 saturated carbocycles. The zero-order chi connectivity index (χ0) is 19.2. The van der Waals surface area contributed by atoms with Gasteiger partial charge in [0.2, 0.25) is 15.9 Å². The van der Waals surface area contributed by atoms with Crippen LogP contribution >= 0.6 is 0 Å². The highest BCUT2D eigenvalue weighted by Gasteiger charge is 2.21. The lowest BCUT2D eigenvalue weighted by molar-refractivity contribution is -0.114. The molecule has 0 atom stereocenters. The number of sulfonamides is 1. The third-order valence-corrected chi connectivity index (χ3v) is 5.86. The molecule has 2 rings (SSSR count). The van der Waals surface area contributed by atoms with Crippen LogP contribution in [0.1, 0.15) is 26.3 Å². The third kappa shape index (κ3) is 5.03. The van der Waals surface area contributed by atoms with Crippen molar-refractivity contribution in [2.75, 3.05) is 23.7 Å². The maximum absolute atomic E-state index is 12.4. The van der Waals surface area contributed by atoms with Crippen molar-refractivity contribution in [1.29, 1.82) is 0 Å². The van der Waals surface area contributed by atoms with E-state index in [4.69, 9.17) is 0 Å². The van der Waals surface area contributed by atoms with Crippen LogP contribution in [0.15, 0.2) is 47.5 Å². The fourth-order valence-corrected chi connectivity index (χ4v) is 3.86. The second-order valence-corrected chi connectivity index (χ2v) is 7.64. The molecule has 2 N–H and O–H groups in total. The minimum absolute atomic E-state index is 0.111. The number of rotatable bonds is 8. The monoisotopic (exact) mass is 376 g/mol. The Kier molecular flexibility index (Phi) is 6.70. The molecule has 0 fully saturated rings. The zero-order valence-electron chi connectivity index (χ0n) is 15.2. The second-order valence-electron chi connectivity index (χ2n) is 5.70. The molecule has 2 aromatic rings. The summed E-state index contributed by atoms with van der Waals surface area (Å²) in [7, 11) is -3.49. The van der Waals surface area contributed by atoms with Crippen LogP contribution in [0.2, 0.25) is 0 Å². The predicted molar refractivity (Wildman–Crippen MR) is 102 cm³/mol. The van der Waals surface area contributed by atoms with Gasteiger partial charge in [0.1, 0.15) is 10.7 Å². The number of hydrogen-bond donors (Lipinski definition) is 2. The highest BCUT2D eigenvalue weighted by Crippen LogP contribution is 2.17. The molecule has 0 bridgehead atoms. The van der Waals surface area contributed by atoms with Crippen LogP contribution in [0.5, 0.6) is 0 Å². The lowest BCUT2D eigenvalue weighted by Gasteiger charge is -2.18. The molecule has 1 aromatic heterocycles. The number of amides is 1. The van der Waals surface area contributed by atoms with E-state index in [0.717, 1.165) is 11.3 Å². The van der Waals surface area contributed by atoms with Gasteiger partial charge in [-0.3, -0.25) is 4.79 Å². The van der Waals surface area contributed by atoms with Crippen LogP contribution < -0.4 is 10.6 Å². The van der Waals surface area contributed by atoms with E-state index in [0.29, 0.717) is 25.5 Å². The van der Waals surface area contributed by atoms with E-state index in [1.165, 1.54) is 17.4 Å². The van der Waals surface area contributed by atoms with Crippen LogP contribution in [0.4, 0.5) is 11.5 Å². The fourth-order valence-electron chi connectivity index (χ4n) is 2.45. The van der Waals surface area contributed by atoms with Gasteiger partial charge in [0.05, 0.1) is 0 Å². The SMILES string of the molecule is CCN(CC)S(=O)(=O)c1ccc(NCc2ccc(NC(C)=O)cc2)nc1. The minimum Gasteiger partial charge on any atom is -0.366 e. The molecule has 0 radical (unpaired) electrons. The molecule has 140 valence electrons. The smallest absolute Gasteiger partial charge is 0.244 e. The van der Waals surface area contributed by atoms with Crippen molar-refractivity contribution in [2.24, 2.45) is 0 Å². The van der Waals surface area contributed by atoms with Crippen molar-refractivity contribution in [3.05, 3.63) is 48.2 Å². The fraction of sp³-hybridized carbons (Fsp3) is 0.333. The first kappa shape index (κ1) is 19.9. The Bertz CT molecular complexity index is 830. The first-order valence-corrected chi connectivity index (χ1v) is 9.87. The maximum atomic E-state index is 12.4. The van der Waals surface area contributed by atoms with E-state index in [-0.39, 0.29) is 10.8 Å². The van der Waals surface area contributed by atoms with Crippen LogP contribution in [-0.4, -0.2) is 36.7 Å². The number of nitrogens with one attached hydrogen (secondary N) is 2. The van der Waals surface area contributed by atoms with Gasteiger partial charge in [-0.15, -0.1) is 0 Å². The summed E-state index contributed by atoms with van der Waals surface area (Å²) < 4.78 is 26.3. The highest BCUT2D eigenvalue weighted by atomic mass is 32.2. The van der Waals surface area contributed by atoms with Gasteiger partial charge in [-0.1, -0.05) is 26.0 Å². The van der Waals surface area contributed by atoms with Crippen LogP contribution in [0.25, 0.3) is 0 Å². The number of hydrogen-bond acceptors (Lipinski definition) is 5. The summed E-state index contributed by atoms with van der Waals surface area (Å²) in [5.74, 6) is 0.481. The number of carbonyl (C=O) groups excluding carboxylic acids is 1. The minimum atomic E-state index is -3.49. The van der Waals surface area contributed by atoms with Gasteiger partial charge in [-0.25, -0.2) is 13.4 Å². The van der Waals surface area contributed by atoms with Crippen molar-refractivity contribution >= 4 is 27.4 Å². The molecule has 0 aliphatic heterocycles. The molecule has 0 unspecified atom stereocenters. The third-order valence-electron chi connectivity index (χ3n) is 3.83. The quantitative estimate of drug-likeness (QED) is 0.739. The Hall–Kier alpha value is -2.45. The largest absolute Gasteiger partial charge is 0.366 e. The normalized spacial score (nSPS) is 11.4. The van der Waals surface area contributed by atoms with Crippen LogP contribution in [0, 0.1) is 0 Å². The summed E-state index contributed by atoms with van der Waals surface area (Å²) in [6.45, 7) is 6.46. The first-order chi connectivity index (χ1) is 12.4. The molecule has 1 heterocycles. The topological polar surface area (TPSA) is 91.4 Å². The van der Waals surface area contributed by atoms with Crippen molar-refractivity contribution < 1.29 is 13.2 Å². The summed E-state index contributed by atoms with van der Waals surface area (Å²) in [6.07, 6.45) is 1.37. The summed E-state index contributed by atoms with van der Waals surface area (Å²) in [5.41, 5.74) is 1.76. The van der Waals surface area contributed by atoms with E-state index in [2.05, 4.69) is 15.6 Å². The Morgan fingerprint density at radius 3 is 2.23 bits per heavy atom. The number of aromatic nitrogens is 1. The van der Waals surface area contributed by atoms with E-state index in [1.54, 1.807) is 12.1 Å². The van der Waals surface area contributed by atoms with Gasteiger partial charge in [0, 0.05) is 38.4 Å². The molecular formula is C18H24N4O3S.